The maximum Gasteiger partial charge on any atom is 0.320 e. The van der Waals surface area contributed by atoms with Crippen molar-refractivity contribution in [3.05, 3.63) is 112 Å². The summed E-state index contributed by atoms with van der Waals surface area (Å²) in [5, 5.41) is 43.1. The average Bonchev–Trinajstić information content (AvgIpc) is 3.65. The molecule has 2 aromatic heterocycles. The van der Waals surface area contributed by atoms with Gasteiger partial charge in [0.25, 0.3) is 0 Å². The van der Waals surface area contributed by atoms with Crippen molar-refractivity contribution in [3.63, 3.8) is 0 Å². The number of nitrogens with one attached hydrogen (secondary N) is 1. The van der Waals surface area contributed by atoms with Crippen LogP contribution in [0.3, 0.4) is 0 Å². The number of carbonyl (C=O) groups excluding carboxylic acids is 1. The van der Waals surface area contributed by atoms with Gasteiger partial charge in [-0.15, -0.1) is 11.3 Å². The van der Waals surface area contributed by atoms with Crippen LogP contribution in [0.15, 0.2) is 83.7 Å². The minimum atomic E-state index is -2.00. The third-order valence-electron chi connectivity index (χ3n) is 8.44. The number of pyridine rings is 1. The Balaban J connectivity index is 1.29. The van der Waals surface area contributed by atoms with Crippen molar-refractivity contribution in [2.24, 2.45) is 5.10 Å². The molecule has 0 saturated heterocycles. The number of nitrogens with zero attached hydrogens (tertiary/aromatic N) is 7. The summed E-state index contributed by atoms with van der Waals surface area (Å²) in [7, 11) is 3.21. The zero-order valence-electron chi connectivity index (χ0n) is 28.9. The van der Waals surface area contributed by atoms with Gasteiger partial charge in [0.15, 0.2) is 0 Å². The van der Waals surface area contributed by atoms with Gasteiger partial charge < -0.3 is 34.8 Å². The van der Waals surface area contributed by atoms with Crippen molar-refractivity contribution < 1.29 is 33.3 Å². The zero-order valence-corrected chi connectivity index (χ0v) is 29.7. The van der Waals surface area contributed by atoms with Crippen LogP contribution >= 0.6 is 11.3 Å². The molecule has 0 bridgehead atoms. The molecular formula is C36H38F2N8O5S. The topological polar surface area (TPSA) is 160 Å². The number of nitriles is 1. The van der Waals surface area contributed by atoms with Crippen molar-refractivity contribution in [1.82, 2.24) is 25.2 Å². The van der Waals surface area contributed by atoms with Crippen LogP contribution in [-0.2, 0) is 26.5 Å². The van der Waals surface area contributed by atoms with Crippen molar-refractivity contribution >= 4 is 29.5 Å². The van der Waals surface area contributed by atoms with Gasteiger partial charge in [-0.1, -0.05) is 25.1 Å². The Morgan fingerprint density at radius 3 is 2.63 bits per heavy atom. The van der Waals surface area contributed by atoms with E-state index < -0.39 is 41.8 Å². The molecule has 3 heterocycles. The van der Waals surface area contributed by atoms with Crippen LogP contribution in [0.4, 0.5) is 14.6 Å². The number of carbonyl (C=O) groups is 1. The quantitative estimate of drug-likeness (QED) is 0.117. The molecule has 3 N–H and O–H groups in total. The van der Waals surface area contributed by atoms with Crippen LogP contribution in [0.1, 0.15) is 41.5 Å². The zero-order chi connectivity index (χ0) is 37.4. The normalized spacial score (nSPS) is 15.4. The third-order valence-corrected chi connectivity index (χ3v) is 9.47. The fourth-order valence-corrected chi connectivity index (χ4v) is 6.36. The number of aliphatic hydroxyl groups excluding tert-OH is 1. The highest BCUT2D eigenvalue weighted by atomic mass is 32.1. The second-order valence-corrected chi connectivity index (χ2v) is 12.8. The first-order valence-electron chi connectivity index (χ1n) is 16.1. The molecule has 13 nitrogen and oxygen atoms in total. The molecule has 1 aliphatic rings. The van der Waals surface area contributed by atoms with Crippen LogP contribution < -0.4 is 10.2 Å². The minimum Gasteiger partial charge on any atom is -0.460 e. The summed E-state index contributed by atoms with van der Waals surface area (Å²) in [6.07, 6.45) is 3.85. The summed E-state index contributed by atoms with van der Waals surface area (Å²) in [6.45, 7) is 3.08. The van der Waals surface area contributed by atoms with Crippen LogP contribution in [0, 0.1) is 23.0 Å². The smallest absolute Gasteiger partial charge is 0.320 e. The van der Waals surface area contributed by atoms with E-state index in [1.54, 1.807) is 80.8 Å². The van der Waals surface area contributed by atoms with Crippen LogP contribution in [0.5, 0.6) is 0 Å². The van der Waals surface area contributed by atoms with E-state index in [1.165, 1.54) is 40.0 Å². The highest BCUT2D eigenvalue weighted by molar-refractivity contribution is 7.10. The van der Waals surface area contributed by atoms with Gasteiger partial charge in [-0.25, -0.2) is 18.7 Å². The molecule has 5 rings (SSSR count). The van der Waals surface area contributed by atoms with E-state index in [1.807, 2.05) is 0 Å². The van der Waals surface area contributed by atoms with Gasteiger partial charge in [0.2, 0.25) is 6.41 Å². The minimum absolute atomic E-state index is 0.0464. The van der Waals surface area contributed by atoms with Crippen LogP contribution in [0.25, 0.3) is 11.3 Å². The summed E-state index contributed by atoms with van der Waals surface area (Å²) in [5.74, 6) is -2.43. The maximum atomic E-state index is 15.3. The molecule has 1 aliphatic heterocycles. The number of ether oxygens (including phenoxy) is 2. The van der Waals surface area contributed by atoms with Crippen molar-refractivity contribution in [1.29, 1.82) is 5.26 Å². The number of hydrogen-bond acceptors (Lipinski definition) is 14. The average molecular weight is 733 g/mol. The van der Waals surface area contributed by atoms with Gasteiger partial charge >= 0.3 is 5.97 Å². The summed E-state index contributed by atoms with van der Waals surface area (Å²) >= 11 is 1.26. The van der Waals surface area contributed by atoms with E-state index in [0.29, 0.717) is 27.6 Å². The number of benzene rings is 2. The Hall–Kier alpha value is -5.31. The summed E-state index contributed by atoms with van der Waals surface area (Å²) in [6, 6.07) is 15.3. The van der Waals surface area contributed by atoms with Gasteiger partial charge in [-0.3, -0.25) is 9.80 Å². The van der Waals surface area contributed by atoms with Crippen molar-refractivity contribution in [2.45, 2.75) is 44.6 Å². The number of hydrazone groups is 1. The monoisotopic (exact) mass is 732 g/mol. The van der Waals surface area contributed by atoms with E-state index in [4.69, 9.17) is 19.7 Å². The number of rotatable bonds is 15. The molecule has 0 saturated carbocycles. The second kappa shape index (κ2) is 16.8. The highest BCUT2D eigenvalue weighted by Gasteiger charge is 2.42. The molecule has 16 heteroatoms. The highest BCUT2D eigenvalue weighted by Crippen LogP contribution is 2.41. The molecule has 2 aromatic carbocycles. The molecule has 4 atom stereocenters. The SMILES string of the molecule is CNCC(=O)OCc1cccnc1N(C)C(O)OC(C)N1C=CN(CC(O)(c2cc(F)ccc2F)[C@@H](C)c2nc(-c3ccc(C#N)cc3)cs2)N=C1. The first kappa shape index (κ1) is 37.9. The second-order valence-electron chi connectivity index (χ2n) is 12.0. The van der Waals surface area contributed by atoms with Gasteiger partial charge in [0, 0.05) is 53.6 Å². The molecule has 0 amide bonds. The summed E-state index contributed by atoms with van der Waals surface area (Å²) < 4.78 is 40.9. The molecule has 0 fully saturated rings. The standard InChI is InChI=1S/C36H38F2N8O5S/c1-23(34-43-31(20-52-34)26-9-7-25(17-39)8-10-26)36(49,29-16-28(37)11-12-30(29)38)21-46-15-14-45(22-42-46)24(2)51-35(48)44(4)33-27(6-5-13-41-33)19-50-32(47)18-40-3/h5-16,20,22-24,35,40,48-49H,18-19,21H2,1-4H3/t23-,24?,35?,36?/m0/s1. The third kappa shape index (κ3) is 8.76. The molecule has 0 radical (unpaired) electrons. The van der Waals surface area contributed by atoms with E-state index in [-0.39, 0.29) is 25.3 Å². The molecule has 4 aromatic rings. The Morgan fingerprint density at radius 2 is 1.94 bits per heavy atom. The summed E-state index contributed by atoms with van der Waals surface area (Å²) in [5.41, 5.74) is 0.171. The maximum absolute atomic E-state index is 15.3. The number of aromatic nitrogens is 2. The number of hydrogen-bond donors (Lipinski definition) is 3. The lowest BCUT2D eigenvalue weighted by Crippen LogP contribution is -2.45. The van der Waals surface area contributed by atoms with E-state index in [0.717, 1.165) is 23.8 Å². The van der Waals surface area contributed by atoms with E-state index >= 15 is 4.39 Å². The van der Waals surface area contributed by atoms with E-state index in [9.17, 15) is 19.4 Å². The Bertz CT molecular complexity index is 1940. The lowest BCUT2D eigenvalue weighted by Gasteiger charge is -2.38. The molecule has 0 spiro atoms. The summed E-state index contributed by atoms with van der Waals surface area (Å²) in [4.78, 5) is 23.8. The molecule has 3 unspecified atom stereocenters. The largest absolute Gasteiger partial charge is 0.460 e. The van der Waals surface area contributed by atoms with Crippen molar-refractivity contribution in [2.75, 3.05) is 32.1 Å². The fourth-order valence-electron chi connectivity index (χ4n) is 5.39. The molecule has 272 valence electrons. The van der Waals surface area contributed by atoms with Crippen LogP contribution in [-0.4, -0.2) is 82.2 Å². The van der Waals surface area contributed by atoms with Gasteiger partial charge in [0.05, 0.1) is 35.4 Å². The predicted molar refractivity (Wildman–Crippen MR) is 190 cm³/mol. The van der Waals surface area contributed by atoms with Crippen LogP contribution in [0.2, 0.25) is 0 Å². The molecule has 0 aliphatic carbocycles. The number of aliphatic hydroxyl groups is 2. The first-order valence-corrected chi connectivity index (χ1v) is 17.0. The van der Waals surface area contributed by atoms with Crippen molar-refractivity contribution in [3.8, 4) is 17.3 Å². The Kier molecular flexibility index (Phi) is 12.3. The number of β-amino-alcohol motifs (C(OH)–C–C–N with tert-alkyl or cyclic N) is 1. The first-order chi connectivity index (χ1) is 24.9. The molecular weight excluding hydrogens is 695 g/mol. The van der Waals surface area contributed by atoms with E-state index in [2.05, 4.69) is 21.5 Å². The van der Waals surface area contributed by atoms with Gasteiger partial charge in [-0.05, 0) is 50.4 Å². The Morgan fingerprint density at radius 1 is 1.17 bits per heavy atom. The fraction of sp³-hybridized carbons (Fsp3) is 0.306. The van der Waals surface area contributed by atoms with Gasteiger partial charge in [-0.2, -0.15) is 10.4 Å². The lowest BCUT2D eigenvalue weighted by molar-refractivity contribution is -0.153. The van der Waals surface area contributed by atoms with Gasteiger partial charge in [0.1, 0.15) is 42.2 Å². The number of anilines is 1. The number of thiazole rings is 1. The number of likely N-dealkylation sites (N-methyl/N-ethyl adjacent to an activating group) is 1. The number of halogens is 2. The predicted octanol–water partition coefficient (Wildman–Crippen LogP) is 4.42. The lowest BCUT2D eigenvalue weighted by atomic mass is 9.81. The molecule has 52 heavy (non-hydrogen) atoms. The number of esters is 1. The Labute approximate surface area is 303 Å².